The van der Waals surface area contributed by atoms with E-state index in [2.05, 4.69) is 21.9 Å². The van der Waals surface area contributed by atoms with Crippen LogP contribution in [0.2, 0.25) is 0 Å². The van der Waals surface area contributed by atoms with Gasteiger partial charge in [-0.2, -0.15) is 0 Å². The molecule has 3 rings (SSSR count). The smallest absolute Gasteiger partial charge is 0.340 e. The number of carbonyl (C=O) groups is 3. The number of aryl methyl sites for hydroxylation is 2. The number of aromatic amines is 1. The average Bonchev–Trinajstić information content (AvgIpc) is 3.01. The summed E-state index contributed by atoms with van der Waals surface area (Å²) >= 11 is 0. The molecule has 0 atom stereocenters. The quantitative estimate of drug-likeness (QED) is 0.528. The molecule has 1 aromatic carbocycles. The van der Waals surface area contributed by atoms with Gasteiger partial charge in [0, 0.05) is 17.9 Å². The number of esters is 1. The lowest BCUT2D eigenvalue weighted by atomic mass is 10.0. The van der Waals surface area contributed by atoms with Gasteiger partial charge in [0.2, 0.25) is 0 Å². The van der Waals surface area contributed by atoms with Crippen molar-refractivity contribution in [2.45, 2.75) is 33.6 Å². The zero-order valence-electron chi connectivity index (χ0n) is 16.9. The Labute approximate surface area is 169 Å². The standard InChI is InChI=1S/C21H26N4O4/c1-4-29-21(28)18-13(2)19(22-14(18)3)20(27)24-23-17(26)12-25-11-7-9-15-8-5-6-10-16(15)25/h5-6,8,10,22H,4,7,9,11-12H2,1-3H3,(H,23,26)(H,24,27). The summed E-state index contributed by atoms with van der Waals surface area (Å²) in [4.78, 5) is 41.8. The van der Waals surface area contributed by atoms with Gasteiger partial charge in [-0.3, -0.25) is 20.4 Å². The molecule has 154 valence electrons. The van der Waals surface area contributed by atoms with Crippen LogP contribution in [-0.2, 0) is 16.0 Å². The Kier molecular flexibility index (Phi) is 6.21. The zero-order valence-corrected chi connectivity index (χ0v) is 16.9. The fourth-order valence-electron chi connectivity index (χ4n) is 3.66. The molecular weight excluding hydrogens is 372 g/mol. The molecule has 1 aliphatic rings. The Morgan fingerprint density at radius 2 is 1.93 bits per heavy atom. The molecule has 2 amide bonds. The van der Waals surface area contributed by atoms with Crippen molar-refractivity contribution in [2.24, 2.45) is 0 Å². The van der Waals surface area contributed by atoms with Gasteiger partial charge in [-0.15, -0.1) is 0 Å². The van der Waals surface area contributed by atoms with Crippen LogP contribution in [0, 0.1) is 13.8 Å². The molecular formula is C21H26N4O4. The number of H-pyrrole nitrogens is 1. The molecule has 3 N–H and O–H groups in total. The zero-order chi connectivity index (χ0) is 21.0. The van der Waals surface area contributed by atoms with E-state index in [1.54, 1.807) is 20.8 Å². The predicted octanol–water partition coefficient (Wildman–Crippen LogP) is 2.02. The number of amides is 2. The second kappa shape index (κ2) is 8.81. The molecule has 1 aromatic heterocycles. The fourth-order valence-corrected chi connectivity index (χ4v) is 3.66. The van der Waals surface area contributed by atoms with Gasteiger partial charge in [-0.1, -0.05) is 18.2 Å². The number of hydrogen-bond donors (Lipinski definition) is 3. The SMILES string of the molecule is CCOC(=O)c1c(C)[nH]c(C(=O)NNC(=O)CN2CCCc3ccccc32)c1C. The minimum atomic E-state index is -0.520. The number of hydrogen-bond acceptors (Lipinski definition) is 5. The summed E-state index contributed by atoms with van der Waals surface area (Å²) in [5.74, 6) is -1.32. The normalized spacial score (nSPS) is 12.9. The van der Waals surface area contributed by atoms with Crippen LogP contribution >= 0.6 is 0 Å². The molecule has 0 spiro atoms. The van der Waals surface area contributed by atoms with Crippen LogP contribution in [0.25, 0.3) is 0 Å². The lowest BCUT2D eigenvalue weighted by Crippen LogP contribution is -2.47. The number of benzene rings is 1. The second-order valence-electron chi connectivity index (χ2n) is 7.00. The van der Waals surface area contributed by atoms with Gasteiger partial charge in [-0.05, 0) is 50.8 Å². The highest BCUT2D eigenvalue weighted by Gasteiger charge is 2.23. The minimum Gasteiger partial charge on any atom is -0.462 e. The maximum absolute atomic E-state index is 12.5. The molecule has 0 unspecified atom stereocenters. The third-order valence-corrected chi connectivity index (χ3v) is 5.00. The first-order chi connectivity index (χ1) is 13.9. The molecule has 0 aliphatic carbocycles. The summed E-state index contributed by atoms with van der Waals surface area (Å²) < 4.78 is 5.03. The van der Waals surface area contributed by atoms with Crippen molar-refractivity contribution in [3.63, 3.8) is 0 Å². The molecule has 0 saturated carbocycles. The average molecular weight is 398 g/mol. The van der Waals surface area contributed by atoms with E-state index in [1.165, 1.54) is 5.56 Å². The first-order valence-electron chi connectivity index (χ1n) is 9.70. The topological polar surface area (TPSA) is 104 Å². The number of nitrogens with one attached hydrogen (secondary N) is 3. The summed E-state index contributed by atoms with van der Waals surface area (Å²) in [6.07, 6.45) is 1.98. The van der Waals surface area contributed by atoms with Crippen LogP contribution < -0.4 is 15.8 Å². The maximum atomic E-state index is 12.5. The van der Waals surface area contributed by atoms with E-state index < -0.39 is 11.9 Å². The molecule has 8 nitrogen and oxygen atoms in total. The van der Waals surface area contributed by atoms with Crippen molar-refractivity contribution in [1.29, 1.82) is 0 Å². The highest BCUT2D eigenvalue weighted by atomic mass is 16.5. The number of rotatable bonds is 5. The third kappa shape index (κ3) is 4.42. The summed E-state index contributed by atoms with van der Waals surface area (Å²) in [5.41, 5.74) is 8.73. The number of fused-ring (bicyclic) bond motifs is 1. The number of ether oxygens (including phenoxy) is 1. The Bertz CT molecular complexity index is 935. The Hall–Kier alpha value is -3.29. The molecule has 0 fully saturated rings. The first-order valence-corrected chi connectivity index (χ1v) is 9.70. The van der Waals surface area contributed by atoms with Crippen LogP contribution in [0.4, 0.5) is 5.69 Å². The number of aromatic nitrogens is 1. The largest absolute Gasteiger partial charge is 0.462 e. The van der Waals surface area contributed by atoms with Gasteiger partial charge in [0.1, 0.15) is 5.69 Å². The Morgan fingerprint density at radius 3 is 2.69 bits per heavy atom. The molecule has 0 bridgehead atoms. The van der Waals surface area contributed by atoms with Crippen molar-refractivity contribution >= 4 is 23.5 Å². The van der Waals surface area contributed by atoms with Crippen molar-refractivity contribution in [1.82, 2.24) is 15.8 Å². The number of carbonyl (C=O) groups excluding carboxylic acids is 3. The molecule has 2 heterocycles. The van der Waals surface area contributed by atoms with Gasteiger partial charge >= 0.3 is 5.97 Å². The second-order valence-corrected chi connectivity index (χ2v) is 7.00. The summed E-state index contributed by atoms with van der Waals surface area (Å²) in [6, 6.07) is 8.02. The Morgan fingerprint density at radius 1 is 1.17 bits per heavy atom. The number of para-hydroxylation sites is 1. The van der Waals surface area contributed by atoms with Gasteiger partial charge in [0.05, 0.1) is 18.7 Å². The van der Waals surface area contributed by atoms with E-state index in [0.29, 0.717) is 16.8 Å². The van der Waals surface area contributed by atoms with Crippen LogP contribution in [0.5, 0.6) is 0 Å². The molecule has 8 heteroatoms. The lowest BCUT2D eigenvalue weighted by molar-refractivity contribution is -0.120. The third-order valence-electron chi connectivity index (χ3n) is 5.00. The summed E-state index contributed by atoms with van der Waals surface area (Å²) in [6.45, 7) is 6.27. The molecule has 0 saturated heterocycles. The van der Waals surface area contributed by atoms with E-state index in [-0.39, 0.29) is 24.8 Å². The minimum absolute atomic E-state index is 0.147. The van der Waals surface area contributed by atoms with E-state index in [0.717, 1.165) is 25.1 Å². The van der Waals surface area contributed by atoms with Crippen LogP contribution in [0.3, 0.4) is 0 Å². The van der Waals surface area contributed by atoms with Gasteiger partial charge in [-0.25, -0.2) is 4.79 Å². The molecule has 0 radical (unpaired) electrons. The number of hydrazine groups is 1. The number of anilines is 1. The maximum Gasteiger partial charge on any atom is 0.340 e. The number of nitrogens with zero attached hydrogens (tertiary/aromatic N) is 1. The van der Waals surface area contributed by atoms with Gasteiger partial charge < -0.3 is 14.6 Å². The molecule has 1 aliphatic heterocycles. The van der Waals surface area contributed by atoms with E-state index in [9.17, 15) is 14.4 Å². The van der Waals surface area contributed by atoms with Crippen molar-refractivity contribution in [2.75, 3.05) is 24.6 Å². The van der Waals surface area contributed by atoms with Crippen molar-refractivity contribution < 1.29 is 19.1 Å². The lowest BCUT2D eigenvalue weighted by Gasteiger charge is -2.30. The predicted molar refractivity (Wildman–Crippen MR) is 109 cm³/mol. The van der Waals surface area contributed by atoms with E-state index in [1.807, 2.05) is 23.1 Å². The van der Waals surface area contributed by atoms with E-state index >= 15 is 0 Å². The van der Waals surface area contributed by atoms with Crippen LogP contribution in [-0.4, -0.2) is 42.5 Å². The van der Waals surface area contributed by atoms with Crippen LogP contribution in [0.1, 0.15) is 51.0 Å². The molecule has 29 heavy (non-hydrogen) atoms. The van der Waals surface area contributed by atoms with Crippen molar-refractivity contribution in [3.05, 3.63) is 52.3 Å². The monoisotopic (exact) mass is 398 g/mol. The molecule has 2 aromatic rings. The first kappa shape index (κ1) is 20.4. The Balaban J connectivity index is 1.61. The van der Waals surface area contributed by atoms with E-state index in [4.69, 9.17) is 4.74 Å². The van der Waals surface area contributed by atoms with Crippen LogP contribution in [0.15, 0.2) is 24.3 Å². The van der Waals surface area contributed by atoms with Gasteiger partial charge in [0.25, 0.3) is 11.8 Å². The summed E-state index contributed by atoms with van der Waals surface area (Å²) in [5, 5.41) is 0. The highest BCUT2D eigenvalue weighted by Crippen LogP contribution is 2.26. The fraction of sp³-hybridized carbons (Fsp3) is 0.381. The van der Waals surface area contributed by atoms with Crippen molar-refractivity contribution in [3.8, 4) is 0 Å². The summed E-state index contributed by atoms with van der Waals surface area (Å²) in [7, 11) is 0. The van der Waals surface area contributed by atoms with Gasteiger partial charge in [0.15, 0.2) is 0 Å². The highest BCUT2D eigenvalue weighted by molar-refractivity contribution is 6.01.